The summed E-state index contributed by atoms with van der Waals surface area (Å²) in [7, 11) is 0. The first kappa shape index (κ1) is 21.9. The molecule has 0 aliphatic heterocycles. The van der Waals surface area contributed by atoms with Crippen LogP contribution < -0.4 is 10.1 Å². The molecule has 0 radical (unpaired) electrons. The number of nitrogens with one attached hydrogen (secondary N) is 1. The molecule has 0 spiro atoms. The number of amides is 1. The van der Waals surface area contributed by atoms with Gasteiger partial charge in [-0.2, -0.15) is 5.10 Å². The first-order valence-corrected chi connectivity index (χ1v) is 10.8. The number of carbonyl (C=O) groups excluding carboxylic acids is 1. The molecule has 0 bridgehead atoms. The van der Waals surface area contributed by atoms with Crippen molar-refractivity contribution in [2.45, 2.75) is 20.1 Å². The Bertz CT molecular complexity index is 1240. The van der Waals surface area contributed by atoms with E-state index in [1.807, 2.05) is 61.5 Å². The molecule has 32 heavy (non-hydrogen) atoms. The van der Waals surface area contributed by atoms with E-state index < -0.39 is 0 Å². The van der Waals surface area contributed by atoms with Gasteiger partial charge >= 0.3 is 0 Å². The predicted molar refractivity (Wildman–Crippen MR) is 128 cm³/mol. The van der Waals surface area contributed by atoms with Crippen LogP contribution in [0.15, 0.2) is 79.1 Å². The van der Waals surface area contributed by atoms with E-state index in [1.165, 1.54) is 0 Å². The molecular formula is C25H21Cl2N3O2. The number of ether oxygens (including phenoxy) is 1. The van der Waals surface area contributed by atoms with Gasteiger partial charge in [0.15, 0.2) is 0 Å². The van der Waals surface area contributed by atoms with Crippen molar-refractivity contribution < 1.29 is 9.53 Å². The maximum absolute atomic E-state index is 12.6. The molecule has 0 atom stereocenters. The highest BCUT2D eigenvalue weighted by Gasteiger charge is 2.09. The number of aryl methyl sites for hydroxylation is 1. The van der Waals surface area contributed by atoms with Crippen LogP contribution in [0.1, 0.15) is 27.0 Å². The van der Waals surface area contributed by atoms with E-state index in [2.05, 4.69) is 10.4 Å². The van der Waals surface area contributed by atoms with E-state index in [-0.39, 0.29) is 5.91 Å². The summed E-state index contributed by atoms with van der Waals surface area (Å²) in [5.41, 5.74) is 4.14. The normalized spacial score (nSPS) is 10.7. The summed E-state index contributed by atoms with van der Waals surface area (Å²) in [6, 6.07) is 20.4. The second-order valence-corrected chi connectivity index (χ2v) is 8.25. The Balaban J connectivity index is 1.32. The zero-order chi connectivity index (χ0) is 22.5. The summed E-state index contributed by atoms with van der Waals surface area (Å²) in [5, 5.41) is 8.56. The number of anilines is 1. The number of rotatable bonds is 7. The molecule has 162 valence electrons. The Labute approximate surface area is 196 Å². The number of aromatic nitrogens is 2. The Morgan fingerprint density at radius 1 is 1.03 bits per heavy atom. The number of hydrogen-bond acceptors (Lipinski definition) is 3. The van der Waals surface area contributed by atoms with Crippen molar-refractivity contribution in [1.29, 1.82) is 0 Å². The number of nitrogens with zero attached hydrogens (tertiary/aromatic N) is 2. The molecule has 3 aromatic carbocycles. The van der Waals surface area contributed by atoms with Crippen LogP contribution >= 0.6 is 23.2 Å². The molecule has 1 heterocycles. The van der Waals surface area contributed by atoms with Gasteiger partial charge in [0.2, 0.25) is 0 Å². The van der Waals surface area contributed by atoms with Crippen LogP contribution in [0, 0.1) is 6.92 Å². The van der Waals surface area contributed by atoms with Gasteiger partial charge in [0.25, 0.3) is 5.91 Å². The summed E-state index contributed by atoms with van der Waals surface area (Å²) < 4.78 is 7.55. The van der Waals surface area contributed by atoms with Crippen molar-refractivity contribution in [3.63, 3.8) is 0 Å². The van der Waals surface area contributed by atoms with Crippen molar-refractivity contribution in [2.75, 3.05) is 5.32 Å². The number of hydrogen-bond donors (Lipinski definition) is 1. The smallest absolute Gasteiger partial charge is 0.255 e. The molecule has 0 saturated heterocycles. The maximum atomic E-state index is 12.6. The number of carbonyl (C=O) groups is 1. The lowest BCUT2D eigenvalue weighted by molar-refractivity contribution is 0.102. The van der Waals surface area contributed by atoms with E-state index in [0.717, 1.165) is 22.4 Å². The molecule has 5 nitrogen and oxygen atoms in total. The van der Waals surface area contributed by atoms with E-state index >= 15 is 0 Å². The molecule has 1 aromatic heterocycles. The average Bonchev–Trinajstić information content (AvgIpc) is 3.21. The molecule has 4 aromatic rings. The fraction of sp³-hybridized carbons (Fsp3) is 0.120. The summed E-state index contributed by atoms with van der Waals surface area (Å²) in [5.74, 6) is 0.552. The predicted octanol–water partition coefficient (Wildman–Crippen LogP) is 6.38. The van der Waals surface area contributed by atoms with Crippen LogP contribution in [0.3, 0.4) is 0 Å². The van der Waals surface area contributed by atoms with E-state index in [0.29, 0.717) is 34.4 Å². The molecule has 0 unspecified atom stereocenters. The van der Waals surface area contributed by atoms with Crippen molar-refractivity contribution in [3.8, 4) is 5.75 Å². The Morgan fingerprint density at radius 3 is 2.59 bits per heavy atom. The Hall–Kier alpha value is -3.28. The standard InChI is InChI=1S/C25H21Cl2N3O2/c1-17-11-23(9-10-24(17)27)32-16-18-5-7-20(8-6-18)25(31)29-22-13-28-30(15-22)14-19-3-2-4-21(26)12-19/h2-13,15H,14,16H2,1H3,(H,29,31). The molecular weight excluding hydrogens is 445 g/mol. The number of halogens is 2. The lowest BCUT2D eigenvalue weighted by atomic mass is 10.1. The minimum Gasteiger partial charge on any atom is -0.489 e. The summed E-state index contributed by atoms with van der Waals surface area (Å²) >= 11 is 12.1. The lowest BCUT2D eigenvalue weighted by Gasteiger charge is -2.09. The minimum atomic E-state index is -0.201. The lowest BCUT2D eigenvalue weighted by Crippen LogP contribution is -2.11. The van der Waals surface area contributed by atoms with Gasteiger partial charge in [-0.3, -0.25) is 9.48 Å². The molecule has 1 N–H and O–H groups in total. The first-order chi connectivity index (χ1) is 15.5. The molecule has 4 rings (SSSR count). The molecule has 7 heteroatoms. The topological polar surface area (TPSA) is 56.1 Å². The van der Waals surface area contributed by atoms with Gasteiger partial charge in [0, 0.05) is 21.8 Å². The minimum absolute atomic E-state index is 0.201. The SMILES string of the molecule is Cc1cc(OCc2ccc(C(=O)Nc3cnn(Cc4cccc(Cl)c4)c3)cc2)ccc1Cl. The van der Waals surface area contributed by atoms with E-state index in [9.17, 15) is 4.79 Å². The summed E-state index contributed by atoms with van der Waals surface area (Å²) in [4.78, 5) is 12.6. The quantitative estimate of drug-likeness (QED) is 0.344. The van der Waals surface area contributed by atoms with Gasteiger partial charge in [-0.1, -0.05) is 47.5 Å². The summed E-state index contributed by atoms with van der Waals surface area (Å²) in [6.45, 7) is 2.90. The Morgan fingerprint density at radius 2 is 1.84 bits per heavy atom. The van der Waals surface area contributed by atoms with Gasteiger partial charge in [-0.15, -0.1) is 0 Å². The van der Waals surface area contributed by atoms with Crippen molar-refractivity contribution in [1.82, 2.24) is 9.78 Å². The highest BCUT2D eigenvalue weighted by molar-refractivity contribution is 6.31. The average molecular weight is 466 g/mol. The van der Waals surface area contributed by atoms with Gasteiger partial charge in [0.05, 0.1) is 18.4 Å². The van der Waals surface area contributed by atoms with Gasteiger partial charge < -0.3 is 10.1 Å². The van der Waals surface area contributed by atoms with Crippen LogP contribution in [0.4, 0.5) is 5.69 Å². The second-order valence-electron chi connectivity index (χ2n) is 7.41. The molecule has 1 amide bonds. The fourth-order valence-electron chi connectivity index (χ4n) is 3.17. The highest BCUT2D eigenvalue weighted by atomic mass is 35.5. The third-order valence-corrected chi connectivity index (χ3v) is 5.53. The first-order valence-electron chi connectivity index (χ1n) is 10.0. The van der Waals surface area contributed by atoms with Crippen LogP contribution in [0.5, 0.6) is 5.75 Å². The van der Waals surface area contributed by atoms with Crippen LogP contribution in [-0.4, -0.2) is 15.7 Å². The van der Waals surface area contributed by atoms with Crippen molar-refractivity contribution in [2.24, 2.45) is 0 Å². The van der Waals surface area contributed by atoms with E-state index in [4.69, 9.17) is 27.9 Å². The van der Waals surface area contributed by atoms with Crippen LogP contribution in [0.25, 0.3) is 0 Å². The molecule has 0 saturated carbocycles. The largest absolute Gasteiger partial charge is 0.489 e. The van der Waals surface area contributed by atoms with Crippen molar-refractivity contribution in [3.05, 3.63) is 111 Å². The van der Waals surface area contributed by atoms with Gasteiger partial charge in [-0.25, -0.2) is 0 Å². The molecule has 0 aliphatic rings. The maximum Gasteiger partial charge on any atom is 0.255 e. The summed E-state index contributed by atoms with van der Waals surface area (Å²) in [6.07, 6.45) is 3.41. The highest BCUT2D eigenvalue weighted by Crippen LogP contribution is 2.22. The molecule has 0 aliphatic carbocycles. The monoisotopic (exact) mass is 465 g/mol. The fourth-order valence-corrected chi connectivity index (χ4v) is 3.50. The van der Waals surface area contributed by atoms with E-state index in [1.54, 1.807) is 29.2 Å². The van der Waals surface area contributed by atoms with Gasteiger partial charge in [-0.05, 0) is 66.1 Å². The number of benzene rings is 3. The zero-order valence-electron chi connectivity index (χ0n) is 17.4. The second kappa shape index (κ2) is 9.90. The van der Waals surface area contributed by atoms with Crippen LogP contribution in [0.2, 0.25) is 10.0 Å². The zero-order valence-corrected chi connectivity index (χ0v) is 18.9. The van der Waals surface area contributed by atoms with Crippen molar-refractivity contribution >= 4 is 34.8 Å². The third-order valence-electron chi connectivity index (χ3n) is 4.88. The Kier molecular flexibility index (Phi) is 6.78. The van der Waals surface area contributed by atoms with Crippen LogP contribution in [-0.2, 0) is 13.2 Å². The third kappa shape index (κ3) is 5.69. The van der Waals surface area contributed by atoms with Gasteiger partial charge in [0.1, 0.15) is 12.4 Å². The molecule has 0 fully saturated rings.